The van der Waals surface area contributed by atoms with Crippen molar-refractivity contribution in [1.82, 2.24) is 9.78 Å². The summed E-state index contributed by atoms with van der Waals surface area (Å²) >= 11 is 0. The minimum absolute atomic E-state index is 0.0884. The molecular weight excluding hydrogens is 380 g/mol. The lowest BCUT2D eigenvalue weighted by molar-refractivity contribution is -0.116. The highest BCUT2D eigenvalue weighted by Crippen LogP contribution is 2.24. The molecule has 0 atom stereocenters. The minimum atomic E-state index is -0.372. The molecule has 0 aliphatic carbocycles. The Morgan fingerprint density at radius 1 is 1.10 bits per heavy atom. The number of carbonyl (C=O) groups is 2. The molecule has 1 aliphatic heterocycles. The first-order valence-electron chi connectivity index (χ1n) is 9.59. The number of benzene rings is 2. The van der Waals surface area contributed by atoms with Gasteiger partial charge in [-0.25, -0.2) is 0 Å². The molecule has 4 rings (SSSR count). The van der Waals surface area contributed by atoms with E-state index in [2.05, 4.69) is 10.4 Å². The van der Waals surface area contributed by atoms with Gasteiger partial charge < -0.3 is 15.8 Å². The fourth-order valence-corrected chi connectivity index (χ4v) is 2.95. The number of nitrogens with zero attached hydrogens (tertiary/aromatic N) is 2. The number of hydrogen-bond acceptors (Lipinski definition) is 4. The summed E-state index contributed by atoms with van der Waals surface area (Å²) in [6.07, 6.45) is 1.40. The zero-order valence-electron chi connectivity index (χ0n) is 17.8. The lowest BCUT2D eigenvalue weighted by atomic mass is 10.1. The molecule has 2 amide bonds. The van der Waals surface area contributed by atoms with Gasteiger partial charge in [-0.1, -0.05) is 35.9 Å². The third-order valence-corrected chi connectivity index (χ3v) is 4.49. The van der Waals surface area contributed by atoms with Gasteiger partial charge in [0.15, 0.2) is 0 Å². The van der Waals surface area contributed by atoms with Crippen molar-refractivity contribution in [3.8, 4) is 5.75 Å². The number of anilines is 1. The van der Waals surface area contributed by atoms with Gasteiger partial charge in [-0.3, -0.25) is 14.3 Å². The van der Waals surface area contributed by atoms with Gasteiger partial charge in [0, 0.05) is 24.6 Å². The summed E-state index contributed by atoms with van der Waals surface area (Å²) in [6, 6.07) is 16.9. The molecule has 2 aromatic carbocycles. The summed E-state index contributed by atoms with van der Waals surface area (Å²) in [5, 5.41) is 7.04. The van der Waals surface area contributed by atoms with Gasteiger partial charge in [0.05, 0.1) is 12.8 Å². The molecule has 2 heterocycles. The van der Waals surface area contributed by atoms with Crippen LogP contribution in [0.25, 0.3) is 0 Å². The summed E-state index contributed by atoms with van der Waals surface area (Å²) in [4.78, 5) is 21.6. The second-order valence-electron chi connectivity index (χ2n) is 6.84. The first kappa shape index (κ1) is 22.7. The number of ether oxygens (including phenoxy) is 1. The van der Waals surface area contributed by atoms with Crippen molar-refractivity contribution < 1.29 is 14.3 Å². The minimum Gasteiger partial charge on any atom is -0.497 e. The summed E-state index contributed by atoms with van der Waals surface area (Å²) in [6.45, 7) is 3.89. The monoisotopic (exact) mass is 408 g/mol. The summed E-state index contributed by atoms with van der Waals surface area (Å²) in [5.74, 6) is 1.49. The van der Waals surface area contributed by atoms with Crippen LogP contribution in [0.5, 0.6) is 5.75 Å². The van der Waals surface area contributed by atoms with Gasteiger partial charge in [0.2, 0.25) is 11.8 Å². The number of nitrogens with one attached hydrogen (secondary N) is 1. The van der Waals surface area contributed by atoms with Crippen LogP contribution in [0.2, 0.25) is 0 Å². The van der Waals surface area contributed by atoms with Crippen molar-refractivity contribution in [3.05, 3.63) is 77.0 Å². The van der Waals surface area contributed by atoms with Gasteiger partial charge in [0.25, 0.3) is 0 Å². The van der Waals surface area contributed by atoms with Gasteiger partial charge in [-0.2, -0.15) is 5.10 Å². The first-order valence-corrected chi connectivity index (χ1v) is 9.59. The van der Waals surface area contributed by atoms with E-state index in [0.29, 0.717) is 12.0 Å². The molecule has 3 aromatic rings. The molecule has 7 heteroatoms. The molecule has 0 fully saturated rings. The lowest BCUT2D eigenvalue weighted by Crippen LogP contribution is -2.20. The maximum atomic E-state index is 11.0. The second-order valence-corrected chi connectivity index (χ2v) is 6.84. The highest BCUT2D eigenvalue weighted by Gasteiger charge is 2.20. The van der Waals surface area contributed by atoms with Gasteiger partial charge >= 0.3 is 0 Å². The smallest absolute Gasteiger partial charge is 0.248 e. The predicted octanol–water partition coefficient (Wildman–Crippen LogP) is 3.40. The van der Waals surface area contributed by atoms with E-state index < -0.39 is 0 Å². The van der Waals surface area contributed by atoms with E-state index in [0.717, 1.165) is 29.2 Å². The highest BCUT2D eigenvalue weighted by atomic mass is 16.5. The quantitative estimate of drug-likeness (QED) is 0.679. The van der Waals surface area contributed by atoms with Crippen LogP contribution in [-0.4, -0.2) is 28.7 Å². The van der Waals surface area contributed by atoms with Crippen LogP contribution in [0.3, 0.4) is 0 Å². The number of carbonyl (C=O) groups excluding carboxylic acids is 2. The van der Waals surface area contributed by atoms with E-state index in [1.54, 1.807) is 23.9 Å². The van der Waals surface area contributed by atoms with E-state index in [4.69, 9.17) is 10.5 Å². The van der Waals surface area contributed by atoms with Crippen LogP contribution < -0.4 is 15.8 Å². The Morgan fingerprint density at radius 2 is 1.80 bits per heavy atom. The molecule has 7 nitrogen and oxygen atoms in total. The highest BCUT2D eigenvalue weighted by molar-refractivity contribution is 5.93. The number of nitrogens with two attached hydrogens (primary N) is 1. The fraction of sp³-hybridized carbons (Fsp3) is 0.261. The van der Waals surface area contributed by atoms with E-state index in [-0.39, 0.29) is 11.8 Å². The Labute approximate surface area is 176 Å². The number of methoxy groups -OCH3 is 1. The zero-order valence-corrected chi connectivity index (χ0v) is 17.8. The van der Waals surface area contributed by atoms with Crippen LogP contribution in [0.15, 0.2) is 54.6 Å². The standard InChI is InChI=1S/C8H11N3O.C8H9NO.C7H8O/c1-5-6-3-4-7(12)9-8(6)11(2)10-5;1-6-3-2-4-7(5-6)8(9)10;1-8-7-5-3-2-4-6-7/h3-4H2,1-2H3,(H,9,12);2-5H,1H3,(H2,9,10);2-6H,1H3. The molecule has 30 heavy (non-hydrogen) atoms. The number of rotatable bonds is 2. The van der Waals surface area contributed by atoms with Gasteiger partial charge in [0.1, 0.15) is 11.6 Å². The first-order chi connectivity index (χ1) is 14.3. The van der Waals surface area contributed by atoms with Crippen LogP contribution >= 0.6 is 0 Å². The average Bonchev–Trinajstić information content (AvgIpc) is 3.02. The van der Waals surface area contributed by atoms with E-state index >= 15 is 0 Å². The number of hydrogen-bond donors (Lipinski definition) is 2. The molecule has 0 bridgehead atoms. The third kappa shape index (κ3) is 6.48. The topological polar surface area (TPSA) is 99.2 Å². The van der Waals surface area contributed by atoms with Crippen molar-refractivity contribution in [3.63, 3.8) is 0 Å². The number of fused-ring (bicyclic) bond motifs is 1. The van der Waals surface area contributed by atoms with Crippen molar-refractivity contribution in [2.45, 2.75) is 26.7 Å². The summed E-state index contributed by atoms with van der Waals surface area (Å²) < 4.78 is 6.64. The number of amides is 2. The molecule has 0 saturated carbocycles. The number of aromatic nitrogens is 2. The maximum Gasteiger partial charge on any atom is 0.248 e. The molecule has 0 saturated heterocycles. The van der Waals surface area contributed by atoms with E-state index in [1.165, 1.54) is 5.56 Å². The van der Waals surface area contributed by atoms with Crippen LogP contribution in [0, 0.1) is 13.8 Å². The Balaban J connectivity index is 0.000000164. The number of aryl methyl sites for hydroxylation is 3. The zero-order chi connectivity index (χ0) is 22.1. The average molecular weight is 409 g/mol. The SMILES string of the molecule is COc1ccccc1.Cc1cccc(C(N)=O)c1.Cc1nn(C)c2c1CCC(=O)N2. The number of primary amides is 1. The molecular formula is C23H28N4O3. The third-order valence-electron chi connectivity index (χ3n) is 4.49. The maximum absolute atomic E-state index is 11.0. The molecule has 1 aromatic heterocycles. The molecule has 158 valence electrons. The molecule has 0 unspecified atom stereocenters. The van der Waals surface area contributed by atoms with Crippen molar-refractivity contribution in [2.24, 2.45) is 12.8 Å². The molecule has 1 aliphatic rings. The fourth-order valence-electron chi connectivity index (χ4n) is 2.95. The molecule has 0 radical (unpaired) electrons. The second kappa shape index (κ2) is 10.8. The van der Waals surface area contributed by atoms with Crippen LogP contribution in [0.1, 0.15) is 33.6 Å². The van der Waals surface area contributed by atoms with E-state index in [9.17, 15) is 9.59 Å². The Morgan fingerprint density at radius 3 is 2.33 bits per heavy atom. The van der Waals surface area contributed by atoms with Crippen molar-refractivity contribution in [1.29, 1.82) is 0 Å². The normalized spacial score (nSPS) is 11.7. The Hall–Kier alpha value is -3.61. The van der Waals surface area contributed by atoms with E-state index in [1.807, 2.05) is 63.4 Å². The molecule has 3 N–H and O–H groups in total. The van der Waals surface area contributed by atoms with Crippen LogP contribution in [0.4, 0.5) is 5.82 Å². The van der Waals surface area contributed by atoms with Gasteiger partial charge in [-0.05, 0) is 44.5 Å². The summed E-state index contributed by atoms with van der Waals surface area (Å²) in [5.41, 5.74) is 8.86. The number of para-hydroxylation sites is 1. The Bertz CT molecular complexity index is 997. The van der Waals surface area contributed by atoms with Crippen molar-refractivity contribution in [2.75, 3.05) is 12.4 Å². The lowest BCUT2D eigenvalue weighted by Gasteiger charge is -2.13. The van der Waals surface area contributed by atoms with Crippen LogP contribution in [-0.2, 0) is 18.3 Å². The Kier molecular flexibility index (Phi) is 8.17. The summed E-state index contributed by atoms with van der Waals surface area (Å²) in [7, 11) is 3.51. The molecule has 0 spiro atoms. The van der Waals surface area contributed by atoms with Crippen molar-refractivity contribution >= 4 is 17.6 Å². The largest absolute Gasteiger partial charge is 0.497 e. The predicted molar refractivity (Wildman–Crippen MR) is 118 cm³/mol. The van der Waals surface area contributed by atoms with Gasteiger partial charge in [-0.15, -0.1) is 0 Å².